The minimum atomic E-state index is -0.123. The Balaban J connectivity index is 2.38. The monoisotopic (exact) mass is 318 g/mol. The van der Waals surface area contributed by atoms with Gasteiger partial charge in [-0.1, -0.05) is 11.6 Å². The molecule has 0 bridgehead atoms. The molecule has 6 heteroatoms. The maximum Gasteiger partial charge on any atom is 0.255 e. The summed E-state index contributed by atoms with van der Waals surface area (Å²) in [7, 11) is 0. The second kappa shape index (κ2) is 4.69. The molecular weight excluding hydrogens is 312 g/mol. The van der Waals surface area contributed by atoms with Crippen molar-refractivity contribution in [3.05, 3.63) is 48.2 Å². The third-order valence-corrected chi connectivity index (χ3v) is 3.91. The minimum absolute atomic E-state index is 0.123. The van der Waals surface area contributed by atoms with Crippen molar-refractivity contribution in [2.75, 3.05) is 0 Å². The van der Waals surface area contributed by atoms with Crippen LogP contribution < -0.4 is 5.56 Å². The first-order valence-electron chi connectivity index (χ1n) is 4.54. The molecule has 0 saturated carbocycles. The normalized spacial score (nSPS) is 10.7. The Labute approximate surface area is 110 Å². The van der Waals surface area contributed by atoms with Gasteiger partial charge in [0.2, 0.25) is 0 Å². The van der Waals surface area contributed by atoms with E-state index in [0.29, 0.717) is 12.4 Å². The lowest BCUT2D eigenvalue weighted by Gasteiger charge is -2.07. The number of halogens is 2. The summed E-state index contributed by atoms with van der Waals surface area (Å²) in [5, 5.41) is 0.242. The molecule has 0 radical (unpaired) electrons. The quantitative estimate of drug-likeness (QED) is 0.797. The minimum Gasteiger partial charge on any atom is -0.291 e. The van der Waals surface area contributed by atoms with Gasteiger partial charge in [-0.25, -0.2) is 4.98 Å². The zero-order valence-corrected chi connectivity index (χ0v) is 11.6. The molecule has 0 saturated heterocycles. The molecule has 3 nitrogen and oxygen atoms in total. The van der Waals surface area contributed by atoms with Crippen LogP contribution in [0.2, 0.25) is 5.15 Å². The summed E-state index contributed by atoms with van der Waals surface area (Å²) in [5.74, 6) is 0.627. The van der Waals surface area contributed by atoms with E-state index in [0.717, 1.165) is 8.66 Å². The third kappa shape index (κ3) is 2.53. The summed E-state index contributed by atoms with van der Waals surface area (Å²) in [6, 6.07) is 5.27. The molecule has 2 heterocycles. The molecule has 84 valence electrons. The van der Waals surface area contributed by atoms with E-state index >= 15 is 0 Å². The number of aromatic nitrogens is 2. The summed E-state index contributed by atoms with van der Waals surface area (Å²) >= 11 is 10.7. The standard InChI is InChI=1S/C10H8BrClN2OS/c1-6-13-9(12)4-10(15)14(6)5-7-2-3-8(11)16-7/h2-4H,5H2,1H3. The predicted octanol–water partition coefficient (Wildman–Crippen LogP) is 3.08. The van der Waals surface area contributed by atoms with Gasteiger partial charge in [-0.05, 0) is 35.0 Å². The first kappa shape index (κ1) is 11.8. The van der Waals surface area contributed by atoms with Crippen molar-refractivity contribution < 1.29 is 0 Å². The Morgan fingerprint density at radius 3 is 2.88 bits per heavy atom. The molecule has 16 heavy (non-hydrogen) atoms. The fourth-order valence-corrected chi connectivity index (χ4v) is 3.06. The van der Waals surface area contributed by atoms with E-state index in [2.05, 4.69) is 20.9 Å². The number of nitrogens with zero attached hydrogens (tertiary/aromatic N) is 2. The molecular formula is C10H8BrClN2OS. The Hall–Kier alpha value is -0.650. The molecule has 2 aromatic heterocycles. The Bertz CT molecular complexity index is 578. The van der Waals surface area contributed by atoms with Crippen molar-refractivity contribution in [1.29, 1.82) is 0 Å². The highest BCUT2D eigenvalue weighted by Crippen LogP contribution is 2.22. The van der Waals surface area contributed by atoms with Gasteiger partial charge in [0.15, 0.2) is 0 Å². The van der Waals surface area contributed by atoms with E-state index in [1.54, 1.807) is 22.8 Å². The molecule has 0 spiro atoms. The number of aryl methyl sites for hydroxylation is 1. The molecule has 0 aliphatic carbocycles. The average molecular weight is 320 g/mol. The van der Waals surface area contributed by atoms with E-state index in [1.807, 2.05) is 12.1 Å². The zero-order chi connectivity index (χ0) is 11.7. The van der Waals surface area contributed by atoms with Gasteiger partial charge in [0.1, 0.15) is 11.0 Å². The molecule has 2 aromatic rings. The largest absolute Gasteiger partial charge is 0.291 e. The summed E-state index contributed by atoms with van der Waals surface area (Å²) in [4.78, 5) is 16.9. The van der Waals surface area contributed by atoms with Gasteiger partial charge in [-0.15, -0.1) is 11.3 Å². The number of hydrogen-bond acceptors (Lipinski definition) is 3. The zero-order valence-electron chi connectivity index (χ0n) is 8.41. The van der Waals surface area contributed by atoms with E-state index < -0.39 is 0 Å². The van der Waals surface area contributed by atoms with Crippen LogP contribution in [-0.4, -0.2) is 9.55 Å². The molecule has 0 aromatic carbocycles. The van der Waals surface area contributed by atoms with Crippen LogP contribution in [0.15, 0.2) is 26.8 Å². The number of thiophene rings is 1. The first-order chi connectivity index (χ1) is 7.56. The van der Waals surface area contributed by atoms with Crippen LogP contribution >= 0.6 is 38.9 Å². The first-order valence-corrected chi connectivity index (χ1v) is 6.53. The number of hydrogen-bond donors (Lipinski definition) is 0. The highest BCUT2D eigenvalue weighted by Gasteiger charge is 2.06. The lowest BCUT2D eigenvalue weighted by Crippen LogP contribution is -2.22. The second-order valence-corrected chi connectivity index (χ2v) is 6.19. The van der Waals surface area contributed by atoms with Crippen molar-refractivity contribution in [1.82, 2.24) is 9.55 Å². The Morgan fingerprint density at radius 1 is 1.56 bits per heavy atom. The fraction of sp³-hybridized carbons (Fsp3) is 0.200. The van der Waals surface area contributed by atoms with Crippen molar-refractivity contribution >= 4 is 38.9 Å². The van der Waals surface area contributed by atoms with Crippen molar-refractivity contribution in [3.8, 4) is 0 Å². The topological polar surface area (TPSA) is 34.9 Å². The Morgan fingerprint density at radius 2 is 2.31 bits per heavy atom. The van der Waals surface area contributed by atoms with Gasteiger partial charge in [0, 0.05) is 10.9 Å². The van der Waals surface area contributed by atoms with Crippen LogP contribution in [0.25, 0.3) is 0 Å². The van der Waals surface area contributed by atoms with Crippen LogP contribution in [0.5, 0.6) is 0 Å². The van der Waals surface area contributed by atoms with Gasteiger partial charge < -0.3 is 0 Å². The van der Waals surface area contributed by atoms with Gasteiger partial charge in [0.05, 0.1) is 10.3 Å². The molecule has 0 unspecified atom stereocenters. The highest BCUT2D eigenvalue weighted by molar-refractivity contribution is 9.11. The van der Waals surface area contributed by atoms with Gasteiger partial charge in [-0.2, -0.15) is 0 Å². The van der Waals surface area contributed by atoms with Crippen LogP contribution in [0.3, 0.4) is 0 Å². The lowest BCUT2D eigenvalue weighted by molar-refractivity contribution is 0.708. The van der Waals surface area contributed by atoms with Gasteiger partial charge in [0.25, 0.3) is 5.56 Å². The average Bonchev–Trinajstić information content (AvgIpc) is 2.58. The fourth-order valence-electron chi connectivity index (χ4n) is 1.37. The summed E-state index contributed by atoms with van der Waals surface area (Å²) in [5.41, 5.74) is -0.123. The van der Waals surface area contributed by atoms with Gasteiger partial charge in [-0.3, -0.25) is 9.36 Å². The van der Waals surface area contributed by atoms with Crippen molar-refractivity contribution in [2.24, 2.45) is 0 Å². The maximum absolute atomic E-state index is 11.7. The molecule has 0 fully saturated rings. The van der Waals surface area contributed by atoms with Gasteiger partial charge >= 0.3 is 0 Å². The predicted molar refractivity (Wildman–Crippen MR) is 69.4 cm³/mol. The summed E-state index contributed by atoms with van der Waals surface area (Å²) in [6.45, 7) is 2.31. The number of rotatable bonds is 2. The van der Waals surface area contributed by atoms with E-state index in [1.165, 1.54) is 6.07 Å². The molecule has 2 rings (SSSR count). The van der Waals surface area contributed by atoms with Crippen molar-refractivity contribution in [2.45, 2.75) is 13.5 Å². The van der Waals surface area contributed by atoms with E-state index in [-0.39, 0.29) is 10.7 Å². The van der Waals surface area contributed by atoms with Crippen LogP contribution in [0.4, 0.5) is 0 Å². The molecule has 0 N–H and O–H groups in total. The molecule has 0 amide bonds. The maximum atomic E-state index is 11.7. The van der Waals surface area contributed by atoms with Crippen LogP contribution in [-0.2, 0) is 6.54 Å². The summed E-state index contributed by atoms with van der Waals surface area (Å²) in [6.07, 6.45) is 0. The third-order valence-electron chi connectivity index (χ3n) is 2.11. The molecule has 0 atom stereocenters. The highest BCUT2D eigenvalue weighted by atomic mass is 79.9. The van der Waals surface area contributed by atoms with Crippen LogP contribution in [0, 0.1) is 6.92 Å². The second-order valence-electron chi connectivity index (χ2n) is 3.26. The SMILES string of the molecule is Cc1nc(Cl)cc(=O)n1Cc1ccc(Br)s1. The van der Waals surface area contributed by atoms with Crippen LogP contribution in [0.1, 0.15) is 10.7 Å². The molecule has 0 aliphatic heterocycles. The Kier molecular flexibility index (Phi) is 3.47. The molecule has 0 aliphatic rings. The van der Waals surface area contributed by atoms with E-state index in [4.69, 9.17) is 11.6 Å². The van der Waals surface area contributed by atoms with Crippen molar-refractivity contribution in [3.63, 3.8) is 0 Å². The lowest BCUT2D eigenvalue weighted by atomic mass is 10.4. The van der Waals surface area contributed by atoms with E-state index in [9.17, 15) is 4.79 Å². The smallest absolute Gasteiger partial charge is 0.255 e. The summed E-state index contributed by atoms with van der Waals surface area (Å²) < 4.78 is 2.65.